The molecule has 116 valence electrons. The molecule has 0 spiro atoms. The van der Waals surface area contributed by atoms with E-state index in [1.165, 1.54) is 38.4 Å². The van der Waals surface area contributed by atoms with Crippen molar-refractivity contribution in [1.29, 1.82) is 0 Å². The Labute approximate surface area is 127 Å². The van der Waals surface area contributed by atoms with Gasteiger partial charge in [-0.15, -0.1) is 0 Å². The number of halogens is 1. The van der Waals surface area contributed by atoms with Gasteiger partial charge < -0.3 is 5.11 Å². The maximum atomic E-state index is 13.4. The van der Waals surface area contributed by atoms with Gasteiger partial charge in [0.15, 0.2) is 0 Å². The minimum absolute atomic E-state index is 0.0798. The van der Waals surface area contributed by atoms with Gasteiger partial charge in [-0.2, -0.15) is 0 Å². The fourth-order valence-corrected chi connectivity index (χ4v) is 2.86. The molecule has 0 atom stereocenters. The molecule has 0 saturated heterocycles. The molecule has 2 aromatic carbocycles. The highest BCUT2D eigenvalue weighted by molar-refractivity contribution is 7.89. The minimum Gasteiger partial charge on any atom is -0.478 e. The molecule has 0 bridgehead atoms. The largest absolute Gasteiger partial charge is 0.478 e. The molecule has 0 aliphatic carbocycles. The highest BCUT2D eigenvalue weighted by Gasteiger charge is 2.18. The van der Waals surface area contributed by atoms with Crippen molar-refractivity contribution in [3.8, 4) is 11.1 Å². The van der Waals surface area contributed by atoms with E-state index in [-0.39, 0.29) is 4.90 Å². The lowest BCUT2D eigenvalue weighted by Crippen LogP contribution is -2.22. The van der Waals surface area contributed by atoms with Crippen LogP contribution in [0.1, 0.15) is 10.4 Å². The molecule has 0 aliphatic heterocycles. The predicted octanol–water partition coefficient (Wildman–Crippen LogP) is 2.44. The van der Waals surface area contributed by atoms with Crippen LogP contribution >= 0.6 is 0 Å². The monoisotopic (exact) mass is 323 g/mol. The molecule has 0 aliphatic rings. The van der Waals surface area contributed by atoms with E-state index in [4.69, 9.17) is 5.11 Å². The lowest BCUT2D eigenvalue weighted by molar-refractivity contribution is 0.0692. The molecule has 0 heterocycles. The molecule has 1 N–H and O–H groups in total. The molecule has 2 rings (SSSR count). The van der Waals surface area contributed by atoms with Crippen LogP contribution < -0.4 is 0 Å². The second-order valence-electron chi connectivity index (χ2n) is 4.82. The van der Waals surface area contributed by atoms with Crippen LogP contribution in [0.15, 0.2) is 47.4 Å². The van der Waals surface area contributed by atoms with Gasteiger partial charge in [0.05, 0.1) is 10.5 Å². The molecule has 5 nitrogen and oxygen atoms in total. The average molecular weight is 323 g/mol. The van der Waals surface area contributed by atoms with Crippen LogP contribution in [-0.2, 0) is 10.0 Å². The molecular formula is C15H14FNO4S. The van der Waals surface area contributed by atoms with Crippen LogP contribution in [0.2, 0.25) is 0 Å². The number of nitrogens with zero attached hydrogens (tertiary/aromatic N) is 1. The zero-order chi connectivity index (χ0) is 16.5. The fourth-order valence-electron chi connectivity index (χ4n) is 1.92. The number of aromatic carboxylic acids is 1. The third-order valence-electron chi connectivity index (χ3n) is 3.14. The quantitative estimate of drug-likeness (QED) is 0.938. The van der Waals surface area contributed by atoms with Crippen molar-refractivity contribution < 1.29 is 22.7 Å². The first-order chi connectivity index (χ1) is 10.2. The van der Waals surface area contributed by atoms with Gasteiger partial charge in [-0.3, -0.25) is 0 Å². The van der Waals surface area contributed by atoms with E-state index >= 15 is 0 Å². The molecular weight excluding hydrogens is 309 g/mol. The van der Waals surface area contributed by atoms with Crippen LogP contribution in [0.3, 0.4) is 0 Å². The Morgan fingerprint density at radius 1 is 1.09 bits per heavy atom. The number of rotatable bonds is 4. The van der Waals surface area contributed by atoms with E-state index in [0.717, 1.165) is 10.4 Å². The summed E-state index contributed by atoms with van der Waals surface area (Å²) in [5.74, 6) is -2.22. The minimum atomic E-state index is -3.60. The first kappa shape index (κ1) is 16.1. The molecule has 0 radical (unpaired) electrons. The van der Waals surface area contributed by atoms with Crippen molar-refractivity contribution in [3.63, 3.8) is 0 Å². The molecule has 0 fully saturated rings. The smallest absolute Gasteiger partial charge is 0.338 e. The Hall–Kier alpha value is -2.25. The normalized spacial score (nSPS) is 11.6. The number of sulfonamides is 1. The fraction of sp³-hybridized carbons (Fsp3) is 0.133. The summed E-state index contributed by atoms with van der Waals surface area (Å²) in [7, 11) is -0.761. The first-order valence-electron chi connectivity index (χ1n) is 6.29. The Bertz CT molecular complexity index is 831. The number of carboxylic acid groups (broad SMARTS) is 1. The van der Waals surface area contributed by atoms with Gasteiger partial charge in [0.1, 0.15) is 5.82 Å². The molecule has 2 aromatic rings. The average Bonchev–Trinajstić information content (AvgIpc) is 2.47. The van der Waals surface area contributed by atoms with Crippen molar-refractivity contribution in [1.82, 2.24) is 4.31 Å². The van der Waals surface area contributed by atoms with Crippen LogP contribution in [-0.4, -0.2) is 37.9 Å². The SMILES string of the molecule is CN(C)S(=O)(=O)c1cccc(-c2ccc(F)c(C(=O)O)c2)c1. The van der Waals surface area contributed by atoms with Gasteiger partial charge in [0.25, 0.3) is 0 Å². The van der Waals surface area contributed by atoms with Crippen molar-refractivity contribution in [2.75, 3.05) is 14.1 Å². The van der Waals surface area contributed by atoms with E-state index in [9.17, 15) is 17.6 Å². The number of hydrogen-bond acceptors (Lipinski definition) is 3. The summed E-state index contributed by atoms with van der Waals surface area (Å²) in [6.07, 6.45) is 0. The number of carbonyl (C=O) groups is 1. The van der Waals surface area contributed by atoms with Gasteiger partial charge in [-0.25, -0.2) is 21.9 Å². The summed E-state index contributed by atoms with van der Waals surface area (Å²) in [6, 6.07) is 9.69. The van der Waals surface area contributed by atoms with Crippen LogP contribution in [0.5, 0.6) is 0 Å². The highest BCUT2D eigenvalue weighted by Crippen LogP contribution is 2.25. The van der Waals surface area contributed by atoms with Crippen LogP contribution in [0.25, 0.3) is 11.1 Å². The summed E-state index contributed by atoms with van der Waals surface area (Å²) in [5.41, 5.74) is 0.457. The van der Waals surface area contributed by atoms with E-state index in [1.807, 2.05) is 0 Å². The molecule has 0 amide bonds. The van der Waals surface area contributed by atoms with Crippen molar-refractivity contribution >= 4 is 16.0 Å². The van der Waals surface area contributed by atoms with Gasteiger partial charge in [-0.05, 0) is 35.4 Å². The lowest BCUT2D eigenvalue weighted by Gasteiger charge is -2.12. The van der Waals surface area contributed by atoms with Gasteiger partial charge in [0.2, 0.25) is 10.0 Å². The Morgan fingerprint density at radius 3 is 2.32 bits per heavy atom. The zero-order valence-corrected chi connectivity index (χ0v) is 12.8. The van der Waals surface area contributed by atoms with E-state index in [1.54, 1.807) is 12.1 Å². The third-order valence-corrected chi connectivity index (χ3v) is 4.95. The standard InChI is InChI=1S/C15H14FNO4S/c1-17(2)22(20,21)12-5-3-4-10(8-12)11-6-7-14(16)13(9-11)15(18)19/h3-9H,1-2H3,(H,18,19). The van der Waals surface area contributed by atoms with Gasteiger partial charge in [-0.1, -0.05) is 18.2 Å². The molecule has 7 heteroatoms. The molecule has 22 heavy (non-hydrogen) atoms. The number of carboxylic acids is 1. The molecule has 0 saturated carbocycles. The van der Waals surface area contributed by atoms with Crippen molar-refractivity contribution in [2.24, 2.45) is 0 Å². The summed E-state index contributed by atoms with van der Waals surface area (Å²) in [6.45, 7) is 0. The van der Waals surface area contributed by atoms with Crippen molar-refractivity contribution in [2.45, 2.75) is 4.90 Å². The third kappa shape index (κ3) is 3.00. The Kier molecular flexibility index (Phi) is 4.30. The number of hydrogen-bond donors (Lipinski definition) is 1. The highest BCUT2D eigenvalue weighted by atomic mass is 32.2. The Balaban J connectivity index is 2.56. The maximum Gasteiger partial charge on any atom is 0.338 e. The number of benzene rings is 2. The Morgan fingerprint density at radius 2 is 1.73 bits per heavy atom. The van der Waals surface area contributed by atoms with E-state index in [0.29, 0.717) is 11.1 Å². The maximum absolute atomic E-state index is 13.4. The van der Waals surface area contributed by atoms with Crippen molar-refractivity contribution in [3.05, 3.63) is 53.8 Å². The first-order valence-corrected chi connectivity index (χ1v) is 7.73. The van der Waals surface area contributed by atoms with Gasteiger partial charge in [0, 0.05) is 14.1 Å². The summed E-state index contributed by atoms with van der Waals surface area (Å²) >= 11 is 0. The summed E-state index contributed by atoms with van der Waals surface area (Å²) in [4.78, 5) is 11.1. The molecule has 0 unspecified atom stereocenters. The van der Waals surface area contributed by atoms with E-state index < -0.39 is 27.4 Å². The second-order valence-corrected chi connectivity index (χ2v) is 6.97. The topological polar surface area (TPSA) is 74.7 Å². The van der Waals surface area contributed by atoms with Gasteiger partial charge >= 0.3 is 5.97 Å². The lowest BCUT2D eigenvalue weighted by atomic mass is 10.0. The second kappa shape index (κ2) is 5.86. The van der Waals surface area contributed by atoms with Crippen LogP contribution in [0.4, 0.5) is 4.39 Å². The summed E-state index contributed by atoms with van der Waals surface area (Å²) in [5, 5.41) is 8.95. The predicted molar refractivity (Wildman–Crippen MR) is 79.7 cm³/mol. The van der Waals surface area contributed by atoms with Crippen LogP contribution in [0, 0.1) is 5.82 Å². The van der Waals surface area contributed by atoms with E-state index in [2.05, 4.69) is 0 Å². The summed E-state index contributed by atoms with van der Waals surface area (Å²) < 4.78 is 38.7. The zero-order valence-electron chi connectivity index (χ0n) is 11.9. The molecule has 0 aromatic heterocycles.